The molecule has 0 radical (unpaired) electrons. The average Bonchev–Trinajstić information content (AvgIpc) is 2.84. The molecule has 0 amide bonds. The van der Waals surface area contributed by atoms with Crippen molar-refractivity contribution in [1.29, 1.82) is 0 Å². The summed E-state index contributed by atoms with van der Waals surface area (Å²) in [4.78, 5) is 26.2. The molecule has 4 atom stereocenters. The van der Waals surface area contributed by atoms with Gasteiger partial charge in [0.15, 0.2) is 0 Å². The highest BCUT2D eigenvalue weighted by Gasteiger charge is 2.62. The van der Waals surface area contributed by atoms with E-state index >= 15 is 0 Å². The number of Topliss-reactive ketones (excluding diaryl/α,β-unsaturated/α-hetero) is 1. The van der Waals surface area contributed by atoms with E-state index in [0.29, 0.717) is 36.9 Å². The fraction of sp³-hybridized carbons (Fsp3) is 0.657. The summed E-state index contributed by atoms with van der Waals surface area (Å²) >= 11 is 0. The average molecular weight is 533 g/mol. The van der Waals surface area contributed by atoms with Gasteiger partial charge in [0.05, 0.1) is 11.0 Å². The van der Waals surface area contributed by atoms with Gasteiger partial charge in [-0.2, -0.15) is 0 Å². The molecule has 4 aliphatic rings. The van der Waals surface area contributed by atoms with Crippen LogP contribution in [-0.4, -0.2) is 27.6 Å². The summed E-state index contributed by atoms with van der Waals surface area (Å²) in [5.74, 6) is 0.587. The Hall–Kier alpha value is -2.20. The molecule has 0 aliphatic heterocycles. The molecule has 4 bridgehead atoms. The lowest BCUT2D eigenvalue weighted by Crippen LogP contribution is -2.60. The van der Waals surface area contributed by atoms with Gasteiger partial charge in [-0.05, 0) is 117 Å². The minimum absolute atomic E-state index is 0.0158. The lowest BCUT2D eigenvalue weighted by Gasteiger charge is -2.65. The fourth-order valence-electron chi connectivity index (χ4n) is 9.14. The number of benzene rings is 2. The number of hydrogen-bond acceptors (Lipinski definition) is 3. The van der Waals surface area contributed by atoms with Crippen LogP contribution in [0.15, 0.2) is 42.5 Å². The molecule has 2 aromatic rings. The van der Waals surface area contributed by atoms with E-state index in [1.54, 1.807) is 13.8 Å². The molecule has 0 spiro atoms. The normalized spacial score (nSPS) is 29.9. The highest BCUT2D eigenvalue weighted by Crippen LogP contribution is 2.68. The third kappa shape index (κ3) is 5.43. The van der Waals surface area contributed by atoms with Gasteiger partial charge in [-0.3, -0.25) is 9.59 Å². The third-order valence-electron chi connectivity index (χ3n) is 11.2. The lowest BCUT2D eigenvalue weighted by molar-refractivity contribution is -0.200. The second-order valence-corrected chi connectivity index (χ2v) is 15.0. The van der Waals surface area contributed by atoms with Crippen molar-refractivity contribution in [3.8, 4) is 0 Å². The second-order valence-electron chi connectivity index (χ2n) is 15.0. The van der Waals surface area contributed by atoms with Crippen LogP contribution in [0.25, 0.3) is 10.8 Å². The Balaban J connectivity index is 1.38. The first kappa shape index (κ1) is 28.3. The number of aliphatic hydroxyl groups is 1. The Labute approximate surface area is 234 Å². The van der Waals surface area contributed by atoms with Crippen LogP contribution in [0.2, 0.25) is 0 Å². The van der Waals surface area contributed by atoms with Gasteiger partial charge < -0.3 is 10.2 Å². The maximum Gasteiger partial charge on any atom is 0.309 e. The molecule has 4 heteroatoms. The molecular formula is C35H48O4. The smallest absolute Gasteiger partial charge is 0.309 e. The number of hydrogen-bond donors (Lipinski definition) is 2. The zero-order valence-electron chi connectivity index (χ0n) is 24.6. The van der Waals surface area contributed by atoms with Crippen LogP contribution in [0.3, 0.4) is 0 Å². The maximum atomic E-state index is 14.1. The SMILES string of the molecule is CCC(CC(CC(C)(C)C(=O)O)c1ccc2ccccc2c1)C(=O)CC(C)(C)C12CC3CC(CC(O)(C3)C1)C2. The monoisotopic (exact) mass is 532 g/mol. The summed E-state index contributed by atoms with van der Waals surface area (Å²) in [6.45, 7) is 10.3. The number of carboxylic acids is 1. The van der Waals surface area contributed by atoms with Crippen molar-refractivity contribution in [2.75, 3.05) is 0 Å². The van der Waals surface area contributed by atoms with Gasteiger partial charge in [0, 0.05) is 12.3 Å². The van der Waals surface area contributed by atoms with Gasteiger partial charge >= 0.3 is 5.97 Å². The van der Waals surface area contributed by atoms with Crippen LogP contribution >= 0.6 is 0 Å². The quantitative estimate of drug-likeness (QED) is 0.306. The van der Waals surface area contributed by atoms with Crippen LogP contribution < -0.4 is 0 Å². The van der Waals surface area contributed by atoms with E-state index in [4.69, 9.17) is 0 Å². The molecule has 4 nitrogen and oxygen atoms in total. The third-order valence-corrected chi connectivity index (χ3v) is 11.2. The van der Waals surface area contributed by atoms with Gasteiger partial charge in [0.2, 0.25) is 0 Å². The van der Waals surface area contributed by atoms with E-state index in [1.807, 2.05) is 12.1 Å². The van der Waals surface area contributed by atoms with Crippen molar-refractivity contribution in [2.45, 2.75) is 110 Å². The zero-order valence-corrected chi connectivity index (χ0v) is 24.6. The molecule has 212 valence electrons. The van der Waals surface area contributed by atoms with E-state index in [2.05, 4.69) is 51.1 Å². The number of ketones is 1. The number of carbonyl (C=O) groups is 2. The van der Waals surface area contributed by atoms with Crippen molar-refractivity contribution in [2.24, 2.45) is 34.0 Å². The van der Waals surface area contributed by atoms with Crippen molar-refractivity contribution in [3.05, 3.63) is 48.0 Å². The Morgan fingerprint density at radius 2 is 1.62 bits per heavy atom. The summed E-state index contributed by atoms with van der Waals surface area (Å²) < 4.78 is 0. The topological polar surface area (TPSA) is 74.6 Å². The number of fused-ring (bicyclic) bond motifs is 1. The van der Waals surface area contributed by atoms with Gasteiger partial charge in [0.25, 0.3) is 0 Å². The summed E-state index contributed by atoms with van der Waals surface area (Å²) in [5, 5.41) is 23.6. The van der Waals surface area contributed by atoms with Gasteiger partial charge in [-0.15, -0.1) is 0 Å². The summed E-state index contributed by atoms with van der Waals surface area (Å²) in [6, 6.07) is 14.7. The molecule has 0 heterocycles. The van der Waals surface area contributed by atoms with Crippen LogP contribution in [0.1, 0.15) is 110 Å². The Bertz CT molecular complexity index is 1230. The predicted molar refractivity (Wildman–Crippen MR) is 157 cm³/mol. The number of carbonyl (C=O) groups excluding carboxylic acids is 1. The maximum absolute atomic E-state index is 14.1. The first-order valence-electron chi connectivity index (χ1n) is 15.2. The van der Waals surface area contributed by atoms with E-state index in [1.165, 1.54) is 11.8 Å². The molecule has 4 fully saturated rings. The molecule has 0 saturated heterocycles. The fourth-order valence-corrected chi connectivity index (χ4v) is 9.14. The first-order chi connectivity index (χ1) is 18.2. The summed E-state index contributed by atoms with van der Waals surface area (Å²) in [5.41, 5.74) is -0.411. The van der Waals surface area contributed by atoms with Crippen LogP contribution in [0.4, 0.5) is 0 Å². The van der Waals surface area contributed by atoms with Crippen LogP contribution in [0.5, 0.6) is 0 Å². The number of rotatable bonds is 11. The largest absolute Gasteiger partial charge is 0.481 e. The van der Waals surface area contributed by atoms with Crippen LogP contribution in [-0.2, 0) is 9.59 Å². The molecule has 6 rings (SSSR count). The molecule has 4 unspecified atom stereocenters. The highest BCUT2D eigenvalue weighted by atomic mass is 16.4. The van der Waals surface area contributed by atoms with Gasteiger partial charge in [-0.1, -0.05) is 63.2 Å². The molecule has 4 aliphatic carbocycles. The Kier molecular flexibility index (Phi) is 7.27. The zero-order chi connectivity index (χ0) is 28.2. The highest BCUT2D eigenvalue weighted by molar-refractivity contribution is 5.84. The molecule has 0 aromatic heterocycles. The second kappa shape index (κ2) is 10.0. The van der Waals surface area contributed by atoms with E-state index in [0.717, 1.165) is 49.5 Å². The minimum atomic E-state index is -0.883. The molecule has 4 saturated carbocycles. The van der Waals surface area contributed by atoms with Crippen molar-refractivity contribution in [3.63, 3.8) is 0 Å². The lowest BCUT2D eigenvalue weighted by atomic mass is 9.41. The van der Waals surface area contributed by atoms with Gasteiger partial charge in [0.1, 0.15) is 5.78 Å². The summed E-state index contributed by atoms with van der Waals surface area (Å²) in [7, 11) is 0. The van der Waals surface area contributed by atoms with Crippen molar-refractivity contribution < 1.29 is 19.8 Å². The molecule has 2 aromatic carbocycles. The Morgan fingerprint density at radius 1 is 0.974 bits per heavy atom. The number of carboxylic acid groups (broad SMARTS) is 1. The molecule has 2 N–H and O–H groups in total. The van der Waals surface area contributed by atoms with Gasteiger partial charge in [-0.25, -0.2) is 0 Å². The van der Waals surface area contributed by atoms with E-state index in [-0.39, 0.29) is 22.7 Å². The predicted octanol–water partition coefficient (Wildman–Crippen LogP) is 8.16. The molecule has 39 heavy (non-hydrogen) atoms. The number of aliphatic carboxylic acids is 1. The van der Waals surface area contributed by atoms with Crippen LogP contribution in [0, 0.1) is 34.0 Å². The minimum Gasteiger partial charge on any atom is -0.481 e. The Morgan fingerprint density at radius 3 is 2.21 bits per heavy atom. The van der Waals surface area contributed by atoms with E-state index < -0.39 is 17.0 Å². The standard InChI is InChI=1S/C35H48O4/c1-6-25(30(36)21-33(4,5)34-16-23-13-24(17-34)19-35(39,18-23)22-34)14-29(20-32(2,3)31(37)38)28-12-11-26-9-7-8-10-27(26)15-28/h7-12,15,23-25,29,39H,6,13-14,16-22H2,1-5H3,(H,37,38). The van der Waals surface area contributed by atoms with Crippen molar-refractivity contribution in [1.82, 2.24) is 0 Å². The summed E-state index contributed by atoms with van der Waals surface area (Å²) in [6.07, 6.45) is 8.73. The first-order valence-corrected chi connectivity index (χ1v) is 15.2. The van der Waals surface area contributed by atoms with E-state index in [9.17, 15) is 19.8 Å². The molecular weight excluding hydrogens is 484 g/mol. The van der Waals surface area contributed by atoms with Crippen molar-refractivity contribution >= 4 is 22.5 Å².